The summed E-state index contributed by atoms with van der Waals surface area (Å²) in [6, 6.07) is 5.44. The van der Waals surface area contributed by atoms with Gasteiger partial charge in [0.1, 0.15) is 16.9 Å². The highest BCUT2D eigenvalue weighted by Gasteiger charge is 2.22. The van der Waals surface area contributed by atoms with Crippen LogP contribution in [0.15, 0.2) is 36.8 Å². The van der Waals surface area contributed by atoms with Crippen LogP contribution in [0.2, 0.25) is 0 Å². The molecule has 4 rings (SSSR count). The van der Waals surface area contributed by atoms with Crippen LogP contribution in [0.25, 0.3) is 11.0 Å². The average molecular weight is 338 g/mol. The Morgan fingerprint density at radius 1 is 1.12 bits per heavy atom. The van der Waals surface area contributed by atoms with Crippen molar-refractivity contribution in [3.05, 3.63) is 36.8 Å². The third-order valence-corrected chi connectivity index (χ3v) is 4.19. The summed E-state index contributed by atoms with van der Waals surface area (Å²) in [5, 5.41) is 11.5. The zero-order chi connectivity index (χ0) is 17.2. The van der Waals surface area contributed by atoms with Gasteiger partial charge in [-0.3, -0.25) is 4.98 Å². The topological polar surface area (TPSA) is 92.1 Å². The first-order valence-electron chi connectivity index (χ1n) is 8.07. The molecule has 128 valence electrons. The first kappa shape index (κ1) is 15.3. The van der Waals surface area contributed by atoms with Crippen molar-refractivity contribution >= 4 is 28.6 Å². The Balaban J connectivity index is 1.42. The van der Waals surface area contributed by atoms with Crippen molar-refractivity contribution in [1.29, 1.82) is 0 Å². The number of carbonyl (C=O) groups is 1. The first-order valence-corrected chi connectivity index (χ1v) is 8.07. The number of rotatable bonds is 2. The third kappa shape index (κ3) is 3.08. The van der Waals surface area contributed by atoms with Crippen LogP contribution in [0, 0.1) is 0 Å². The van der Waals surface area contributed by atoms with Gasteiger partial charge in [-0.25, -0.2) is 9.78 Å². The molecule has 1 aliphatic rings. The Bertz CT molecular complexity index is 886. The summed E-state index contributed by atoms with van der Waals surface area (Å²) < 4.78 is 0. The van der Waals surface area contributed by atoms with E-state index in [1.807, 2.05) is 18.2 Å². The van der Waals surface area contributed by atoms with Gasteiger partial charge >= 0.3 is 6.03 Å². The standard InChI is InChI=1S/C16H18N8O/c1-22-20-13-4-2-3-12(15(13)21-22)19-16(25)24-9-7-23(8-10-24)14-11-17-5-6-18-14/h2-6,11H,7-10H2,1H3,(H,19,25). The van der Waals surface area contributed by atoms with Gasteiger partial charge in [-0.05, 0) is 12.1 Å². The number of piperazine rings is 1. The van der Waals surface area contributed by atoms with Crippen LogP contribution in [-0.2, 0) is 7.05 Å². The van der Waals surface area contributed by atoms with Crippen molar-refractivity contribution in [3.63, 3.8) is 0 Å². The fourth-order valence-electron chi connectivity index (χ4n) is 2.93. The van der Waals surface area contributed by atoms with Gasteiger partial charge in [-0.2, -0.15) is 15.0 Å². The summed E-state index contributed by atoms with van der Waals surface area (Å²) in [6.07, 6.45) is 5.07. The molecule has 0 atom stereocenters. The number of anilines is 2. The average Bonchev–Trinajstić information content (AvgIpc) is 3.04. The predicted octanol–water partition coefficient (Wildman–Crippen LogP) is 1.11. The Labute approximate surface area is 144 Å². The van der Waals surface area contributed by atoms with Crippen LogP contribution >= 0.6 is 0 Å². The van der Waals surface area contributed by atoms with Crippen LogP contribution < -0.4 is 10.2 Å². The molecule has 1 fully saturated rings. The Hall–Kier alpha value is -3.23. The molecule has 25 heavy (non-hydrogen) atoms. The minimum atomic E-state index is -0.128. The number of hydrogen-bond acceptors (Lipinski definition) is 6. The molecule has 3 aromatic rings. The van der Waals surface area contributed by atoms with Gasteiger partial charge in [0.2, 0.25) is 0 Å². The maximum atomic E-state index is 12.6. The number of aryl methyl sites for hydroxylation is 1. The number of urea groups is 1. The highest BCUT2D eigenvalue weighted by atomic mass is 16.2. The van der Waals surface area contributed by atoms with Crippen molar-refractivity contribution in [2.24, 2.45) is 7.05 Å². The number of fused-ring (bicyclic) bond motifs is 1. The molecule has 1 saturated heterocycles. The molecule has 0 aliphatic carbocycles. The highest BCUT2D eigenvalue weighted by molar-refractivity contribution is 5.98. The lowest BCUT2D eigenvalue weighted by Crippen LogP contribution is -2.50. The molecule has 3 heterocycles. The van der Waals surface area contributed by atoms with E-state index in [0.717, 1.165) is 24.4 Å². The van der Waals surface area contributed by atoms with Gasteiger partial charge in [0.05, 0.1) is 11.9 Å². The zero-order valence-electron chi connectivity index (χ0n) is 13.8. The molecule has 0 spiro atoms. The molecule has 0 bridgehead atoms. The molecule has 0 unspecified atom stereocenters. The summed E-state index contributed by atoms with van der Waals surface area (Å²) in [5.74, 6) is 0.840. The van der Waals surface area contributed by atoms with Crippen molar-refractivity contribution in [2.45, 2.75) is 0 Å². The number of nitrogens with one attached hydrogen (secondary N) is 1. The normalized spacial score (nSPS) is 14.8. The minimum Gasteiger partial charge on any atom is -0.352 e. The van der Waals surface area contributed by atoms with Crippen LogP contribution in [0.3, 0.4) is 0 Å². The van der Waals surface area contributed by atoms with E-state index in [0.29, 0.717) is 24.3 Å². The van der Waals surface area contributed by atoms with Gasteiger partial charge in [-0.1, -0.05) is 6.07 Å². The van der Waals surface area contributed by atoms with E-state index in [1.165, 1.54) is 4.80 Å². The van der Waals surface area contributed by atoms with Crippen LogP contribution in [0.4, 0.5) is 16.3 Å². The van der Waals surface area contributed by atoms with E-state index in [1.54, 1.807) is 30.5 Å². The monoisotopic (exact) mass is 338 g/mol. The lowest BCUT2D eigenvalue weighted by atomic mass is 10.2. The molecule has 2 amide bonds. The lowest BCUT2D eigenvalue weighted by Gasteiger charge is -2.35. The van der Waals surface area contributed by atoms with Crippen molar-refractivity contribution in [3.8, 4) is 0 Å². The SMILES string of the molecule is Cn1nc2cccc(NC(=O)N3CCN(c4cnccn4)CC3)c2n1. The summed E-state index contributed by atoms with van der Waals surface area (Å²) in [5.41, 5.74) is 2.12. The van der Waals surface area contributed by atoms with Gasteiger partial charge < -0.3 is 15.1 Å². The molecule has 9 heteroatoms. The number of aromatic nitrogens is 5. The van der Waals surface area contributed by atoms with Crippen LogP contribution in [0.5, 0.6) is 0 Å². The van der Waals surface area contributed by atoms with Gasteiger partial charge in [-0.15, -0.1) is 0 Å². The molecular weight excluding hydrogens is 320 g/mol. The first-order chi connectivity index (χ1) is 12.2. The molecule has 0 saturated carbocycles. The van der Waals surface area contributed by atoms with Crippen LogP contribution in [0.1, 0.15) is 0 Å². The van der Waals surface area contributed by atoms with Gasteiger partial charge in [0.25, 0.3) is 0 Å². The second-order valence-electron chi connectivity index (χ2n) is 5.83. The van der Waals surface area contributed by atoms with Crippen molar-refractivity contribution in [2.75, 3.05) is 36.4 Å². The fourth-order valence-corrected chi connectivity index (χ4v) is 2.93. The van der Waals surface area contributed by atoms with Crippen LogP contribution in [-0.4, -0.2) is 62.1 Å². The zero-order valence-corrected chi connectivity index (χ0v) is 13.8. The quantitative estimate of drug-likeness (QED) is 0.753. The number of amides is 2. The number of nitrogens with zero attached hydrogens (tertiary/aromatic N) is 7. The van der Waals surface area contributed by atoms with Crippen molar-refractivity contribution in [1.82, 2.24) is 29.9 Å². The molecule has 1 aliphatic heterocycles. The van der Waals surface area contributed by atoms with Gasteiger partial charge in [0, 0.05) is 45.6 Å². The Morgan fingerprint density at radius 2 is 1.96 bits per heavy atom. The molecule has 1 N–H and O–H groups in total. The van der Waals surface area contributed by atoms with E-state index in [-0.39, 0.29) is 6.03 Å². The molecule has 1 aromatic carbocycles. The van der Waals surface area contributed by atoms with E-state index >= 15 is 0 Å². The summed E-state index contributed by atoms with van der Waals surface area (Å²) >= 11 is 0. The predicted molar refractivity (Wildman–Crippen MR) is 93.3 cm³/mol. The third-order valence-electron chi connectivity index (χ3n) is 4.19. The van der Waals surface area contributed by atoms with E-state index in [2.05, 4.69) is 30.4 Å². The molecule has 2 aromatic heterocycles. The minimum absolute atomic E-state index is 0.128. The number of hydrogen-bond donors (Lipinski definition) is 1. The van der Waals surface area contributed by atoms with Gasteiger partial charge in [0.15, 0.2) is 0 Å². The van der Waals surface area contributed by atoms with E-state index < -0.39 is 0 Å². The molecule has 0 radical (unpaired) electrons. The molecule has 9 nitrogen and oxygen atoms in total. The second kappa shape index (κ2) is 6.34. The van der Waals surface area contributed by atoms with Crippen molar-refractivity contribution < 1.29 is 4.79 Å². The summed E-state index contributed by atoms with van der Waals surface area (Å²) in [4.78, 5) is 26.4. The van der Waals surface area contributed by atoms with E-state index in [9.17, 15) is 4.79 Å². The summed E-state index contributed by atoms with van der Waals surface area (Å²) in [7, 11) is 1.76. The maximum Gasteiger partial charge on any atom is 0.322 e. The largest absolute Gasteiger partial charge is 0.352 e. The Kier molecular flexibility index (Phi) is 3.88. The number of carbonyl (C=O) groups excluding carboxylic acids is 1. The highest BCUT2D eigenvalue weighted by Crippen LogP contribution is 2.20. The van der Waals surface area contributed by atoms with E-state index in [4.69, 9.17) is 0 Å². The smallest absolute Gasteiger partial charge is 0.322 e. The Morgan fingerprint density at radius 3 is 2.72 bits per heavy atom. The lowest BCUT2D eigenvalue weighted by molar-refractivity contribution is 0.208. The maximum absolute atomic E-state index is 12.6. The fraction of sp³-hybridized carbons (Fsp3) is 0.312. The molecular formula is C16H18N8O. The second-order valence-corrected chi connectivity index (χ2v) is 5.83. The number of benzene rings is 1. The summed E-state index contributed by atoms with van der Waals surface area (Å²) in [6.45, 7) is 2.70.